The lowest BCUT2D eigenvalue weighted by atomic mass is 9.91. The van der Waals surface area contributed by atoms with Gasteiger partial charge in [0.15, 0.2) is 0 Å². The summed E-state index contributed by atoms with van der Waals surface area (Å²) in [5.41, 5.74) is 8.87. The van der Waals surface area contributed by atoms with Crippen LogP contribution < -0.4 is 5.32 Å². The standard InChI is InChI=1S/C41H47N3O4/c1-27-18-32(19-28(2)29(27)3)24-43-25-35(21-31-14-8-5-9-15-31)44(41(43)48)26-36(45)22-34(20-30-12-6-4-7-13-30)40(47)42-39-37-17-11-10-16-33(37)23-38(39)46/h4-19,34-36,38-39,45-46H,20-26H2,1-3H3,(H,42,47)/t34-,35?,36+,38-,39?/m1/s1. The minimum atomic E-state index is -0.920. The Balaban J connectivity index is 1.20. The molecule has 3 N–H and O–H groups in total. The molecular weight excluding hydrogens is 598 g/mol. The summed E-state index contributed by atoms with van der Waals surface area (Å²) in [6, 6.07) is 31.4. The summed E-state index contributed by atoms with van der Waals surface area (Å²) in [5, 5.41) is 25.6. The number of urea groups is 1. The van der Waals surface area contributed by atoms with Crippen molar-refractivity contribution in [3.63, 3.8) is 0 Å². The van der Waals surface area contributed by atoms with Gasteiger partial charge >= 0.3 is 6.03 Å². The number of hydrogen-bond donors (Lipinski definition) is 3. The summed E-state index contributed by atoms with van der Waals surface area (Å²) in [7, 11) is 0. The van der Waals surface area contributed by atoms with Gasteiger partial charge in [0.1, 0.15) is 0 Å². The molecule has 7 nitrogen and oxygen atoms in total. The van der Waals surface area contributed by atoms with Gasteiger partial charge in [-0.15, -0.1) is 0 Å². The van der Waals surface area contributed by atoms with Crippen molar-refractivity contribution < 1.29 is 19.8 Å². The zero-order valence-corrected chi connectivity index (χ0v) is 28.2. The highest BCUT2D eigenvalue weighted by Gasteiger charge is 2.39. The number of hydrogen-bond acceptors (Lipinski definition) is 4. The van der Waals surface area contributed by atoms with Crippen molar-refractivity contribution in [3.8, 4) is 0 Å². The molecule has 5 atom stereocenters. The molecule has 48 heavy (non-hydrogen) atoms. The van der Waals surface area contributed by atoms with Crippen LogP contribution in [-0.4, -0.2) is 63.3 Å². The third-order valence-corrected chi connectivity index (χ3v) is 10.2. The molecule has 3 amide bonds. The van der Waals surface area contributed by atoms with E-state index in [1.807, 2.05) is 77.7 Å². The number of nitrogens with zero attached hydrogens (tertiary/aromatic N) is 2. The molecular formula is C41H47N3O4. The Hall–Kier alpha value is -4.46. The van der Waals surface area contributed by atoms with Crippen LogP contribution in [0.4, 0.5) is 4.79 Å². The van der Waals surface area contributed by atoms with Crippen LogP contribution in [0.1, 0.15) is 57.0 Å². The van der Waals surface area contributed by atoms with E-state index in [0.29, 0.717) is 32.4 Å². The Bertz CT molecular complexity index is 1700. The molecule has 0 spiro atoms. The van der Waals surface area contributed by atoms with Gasteiger partial charge in [0.2, 0.25) is 5.91 Å². The van der Waals surface area contributed by atoms with E-state index in [-0.39, 0.29) is 30.9 Å². The normalized spacial score (nSPS) is 20.1. The zero-order valence-electron chi connectivity index (χ0n) is 28.2. The fraction of sp³-hybridized carbons (Fsp3) is 0.366. The van der Waals surface area contributed by atoms with Gasteiger partial charge in [-0.05, 0) is 84.5 Å². The molecule has 1 aliphatic heterocycles. The van der Waals surface area contributed by atoms with E-state index in [0.717, 1.165) is 27.8 Å². The molecule has 1 saturated heterocycles. The first-order valence-corrected chi connectivity index (χ1v) is 17.1. The summed E-state index contributed by atoms with van der Waals surface area (Å²) < 4.78 is 0. The minimum Gasteiger partial charge on any atom is -0.391 e. The van der Waals surface area contributed by atoms with E-state index >= 15 is 0 Å². The van der Waals surface area contributed by atoms with E-state index in [4.69, 9.17) is 0 Å². The second kappa shape index (κ2) is 14.8. The van der Waals surface area contributed by atoms with Crippen molar-refractivity contribution >= 4 is 11.9 Å². The lowest BCUT2D eigenvalue weighted by Gasteiger charge is -2.28. The van der Waals surface area contributed by atoms with Gasteiger partial charge in [-0.25, -0.2) is 4.79 Å². The molecule has 1 aliphatic carbocycles. The Labute approximate surface area is 284 Å². The molecule has 1 heterocycles. The average Bonchev–Trinajstić information content (AvgIpc) is 3.54. The number of aliphatic hydroxyl groups excluding tert-OH is 2. The van der Waals surface area contributed by atoms with Crippen molar-refractivity contribution in [3.05, 3.63) is 142 Å². The number of fused-ring (bicyclic) bond motifs is 1. The van der Waals surface area contributed by atoms with Crippen molar-refractivity contribution in [1.29, 1.82) is 0 Å². The van der Waals surface area contributed by atoms with Gasteiger partial charge in [0, 0.05) is 32.0 Å². The molecule has 0 saturated carbocycles. The zero-order chi connectivity index (χ0) is 33.8. The van der Waals surface area contributed by atoms with Gasteiger partial charge in [-0.1, -0.05) is 97.1 Å². The fourth-order valence-electron chi connectivity index (χ4n) is 7.46. The van der Waals surface area contributed by atoms with Crippen molar-refractivity contribution in [2.75, 3.05) is 13.1 Å². The predicted octanol–water partition coefficient (Wildman–Crippen LogP) is 5.85. The highest BCUT2D eigenvalue weighted by molar-refractivity contribution is 5.80. The predicted molar refractivity (Wildman–Crippen MR) is 188 cm³/mol. The molecule has 4 aromatic rings. The summed E-state index contributed by atoms with van der Waals surface area (Å²) in [6.07, 6.45) is 0.162. The number of rotatable bonds is 12. The Morgan fingerprint density at radius 3 is 2.19 bits per heavy atom. The highest BCUT2D eigenvalue weighted by Crippen LogP contribution is 2.32. The van der Waals surface area contributed by atoms with Crippen LogP contribution in [0.25, 0.3) is 0 Å². The van der Waals surface area contributed by atoms with E-state index in [2.05, 4.69) is 50.4 Å². The molecule has 1 fully saturated rings. The Morgan fingerprint density at radius 2 is 1.50 bits per heavy atom. The topological polar surface area (TPSA) is 93.1 Å². The van der Waals surface area contributed by atoms with Gasteiger partial charge < -0.3 is 25.3 Å². The molecule has 0 bridgehead atoms. The van der Waals surface area contributed by atoms with Crippen molar-refractivity contribution in [2.45, 2.75) is 77.3 Å². The van der Waals surface area contributed by atoms with Gasteiger partial charge in [0.25, 0.3) is 0 Å². The van der Waals surface area contributed by atoms with Crippen LogP contribution in [0.3, 0.4) is 0 Å². The summed E-state index contributed by atoms with van der Waals surface area (Å²) in [6.45, 7) is 7.52. The number of nitrogens with one attached hydrogen (secondary N) is 1. The smallest absolute Gasteiger partial charge is 0.320 e. The lowest BCUT2D eigenvalue weighted by Crippen LogP contribution is -2.44. The molecule has 0 aromatic heterocycles. The largest absolute Gasteiger partial charge is 0.391 e. The van der Waals surface area contributed by atoms with Gasteiger partial charge in [-0.2, -0.15) is 0 Å². The summed E-state index contributed by atoms with van der Waals surface area (Å²) in [5.74, 6) is -0.763. The molecule has 2 aliphatic rings. The van der Waals surface area contributed by atoms with Crippen LogP contribution in [-0.2, 0) is 30.6 Å². The van der Waals surface area contributed by atoms with Gasteiger partial charge in [-0.3, -0.25) is 4.79 Å². The number of amides is 3. The van der Waals surface area contributed by atoms with Crippen molar-refractivity contribution in [2.24, 2.45) is 5.92 Å². The van der Waals surface area contributed by atoms with E-state index in [1.54, 1.807) is 4.90 Å². The van der Waals surface area contributed by atoms with Crippen LogP contribution in [0.5, 0.6) is 0 Å². The maximum atomic E-state index is 14.0. The average molecular weight is 646 g/mol. The number of benzene rings is 4. The van der Waals surface area contributed by atoms with Crippen LogP contribution in [0.15, 0.2) is 97.1 Å². The number of aryl methyl sites for hydroxylation is 2. The summed E-state index contributed by atoms with van der Waals surface area (Å²) in [4.78, 5) is 31.6. The summed E-state index contributed by atoms with van der Waals surface area (Å²) >= 11 is 0. The van der Waals surface area contributed by atoms with Gasteiger partial charge in [0.05, 0.1) is 24.3 Å². The van der Waals surface area contributed by atoms with E-state index < -0.39 is 24.2 Å². The van der Waals surface area contributed by atoms with Crippen molar-refractivity contribution in [1.82, 2.24) is 15.1 Å². The first-order valence-electron chi connectivity index (χ1n) is 17.1. The van der Waals surface area contributed by atoms with E-state index in [9.17, 15) is 19.8 Å². The first kappa shape index (κ1) is 33.4. The monoisotopic (exact) mass is 645 g/mol. The maximum absolute atomic E-state index is 14.0. The third kappa shape index (κ3) is 7.64. The lowest BCUT2D eigenvalue weighted by molar-refractivity contribution is -0.127. The molecule has 250 valence electrons. The second-order valence-electron chi connectivity index (χ2n) is 13.7. The first-order chi connectivity index (χ1) is 23.2. The Kier molecular flexibility index (Phi) is 10.3. The SMILES string of the molecule is Cc1cc(CN2CC(Cc3ccccc3)N(C[C@@H](O)C[C@@H](Cc3ccccc3)C(=O)NC3c4ccccc4C[C@H]3O)C2=O)cc(C)c1C. The molecule has 4 aromatic carbocycles. The van der Waals surface area contributed by atoms with Crippen LogP contribution >= 0.6 is 0 Å². The number of aliphatic hydroxyl groups is 2. The second-order valence-corrected chi connectivity index (χ2v) is 13.7. The number of carbonyl (C=O) groups excluding carboxylic acids is 2. The highest BCUT2D eigenvalue weighted by atomic mass is 16.3. The molecule has 0 radical (unpaired) electrons. The van der Waals surface area contributed by atoms with E-state index in [1.165, 1.54) is 16.7 Å². The Morgan fingerprint density at radius 1 is 0.875 bits per heavy atom. The van der Waals surface area contributed by atoms with Crippen LogP contribution in [0, 0.1) is 26.7 Å². The number of carbonyl (C=O) groups is 2. The third-order valence-electron chi connectivity index (χ3n) is 10.2. The quantitative estimate of drug-likeness (QED) is 0.180. The van der Waals surface area contributed by atoms with Crippen LogP contribution in [0.2, 0.25) is 0 Å². The maximum Gasteiger partial charge on any atom is 0.320 e. The minimum absolute atomic E-state index is 0.0967. The molecule has 7 heteroatoms. The molecule has 2 unspecified atom stereocenters. The number of β-amino-alcohol motifs (C(OH)–C–C–N with tert-alkyl or cyclic N) is 1. The fourth-order valence-corrected chi connectivity index (χ4v) is 7.46. The molecule has 6 rings (SSSR count).